The van der Waals surface area contributed by atoms with Gasteiger partial charge in [0.2, 0.25) is 0 Å². The van der Waals surface area contributed by atoms with Crippen molar-refractivity contribution >= 4 is 16.7 Å². The normalized spacial score (nSPS) is 13.7. The molecule has 1 aliphatic rings. The molecule has 6 rings (SSSR count). The van der Waals surface area contributed by atoms with Gasteiger partial charge < -0.3 is 9.88 Å². The quantitative estimate of drug-likeness (QED) is 0.229. The molecular formula is C33H35F2N5. The number of H-pyrrole nitrogens is 1. The molecule has 0 fully saturated rings. The molecule has 40 heavy (non-hydrogen) atoms. The summed E-state index contributed by atoms with van der Waals surface area (Å²) in [6.07, 6.45) is 6.99. The monoisotopic (exact) mass is 539 g/mol. The highest BCUT2D eigenvalue weighted by Crippen LogP contribution is 2.39. The van der Waals surface area contributed by atoms with Crippen LogP contribution in [0.15, 0.2) is 60.9 Å². The minimum atomic E-state index is -2.91. The maximum absolute atomic E-state index is 13.8. The van der Waals surface area contributed by atoms with Gasteiger partial charge in [-0.3, -0.25) is 0 Å². The van der Waals surface area contributed by atoms with Crippen LogP contribution in [-0.4, -0.2) is 26.3 Å². The second kappa shape index (κ2) is 10.2. The number of nitrogens with one attached hydrogen (secondary N) is 1. The molecule has 0 spiro atoms. The van der Waals surface area contributed by atoms with Crippen LogP contribution in [0.5, 0.6) is 0 Å². The second-order valence-corrected chi connectivity index (χ2v) is 10.9. The van der Waals surface area contributed by atoms with Crippen molar-refractivity contribution in [2.75, 3.05) is 11.4 Å². The Morgan fingerprint density at radius 2 is 1.85 bits per heavy atom. The van der Waals surface area contributed by atoms with Crippen molar-refractivity contribution in [1.29, 1.82) is 0 Å². The molecule has 5 aromatic rings. The second-order valence-electron chi connectivity index (χ2n) is 10.9. The van der Waals surface area contributed by atoms with Crippen LogP contribution in [0.25, 0.3) is 27.8 Å². The van der Waals surface area contributed by atoms with E-state index in [0.717, 1.165) is 67.2 Å². The lowest BCUT2D eigenvalue weighted by Crippen LogP contribution is -2.31. The third kappa shape index (κ3) is 4.47. The molecule has 206 valence electrons. The summed E-state index contributed by atoms with van der Waals surface area (Å²) >= 11 is 0. The van der Waals surface area contributed by atoms with Crippen molar-refractivity contribution < 1.29 is 8.78 Å². The molecule has 5 nitrogen and oxygen atoms in total. The number of aromatic nitrogens is 4. The van der Waals surface area contributed by atoms with E-state index in [1.807, 2.05) is 6.20 Å². The van der Waals surface area contributed by atoms with Crippen molar-refractivity contribution in [3.63, 3.8) is 0 Å². The van der Waals surface area contributed by atoms with Gasteiger partial charge in [-0.1, -0.05) is 50.6 Å². The molecule has 0 unspecified atom stereocenters. The number of anilines is 1. The van der Waals surface area contributed by atoms with E-state index in [4.69, 9.17) is 5.10 Å². The summed E-state index contributed by atoms with van der Waals surface area (Å²) < 4.78 is 29.9. The molecule has 0 aliphatic carbocycles. The number of hydrogen-bond donors (Lipinski definition) is 1. The van der Waals surface area contributed by atoms with E-state index >= 15 is 0 Å². The van der Waals surface area contributed by atoms with E-state index in [9.17, 15) is 8.78 Å². The Kier molecular flexibility index (Phi) is 6.69. The Balaban J connectivity index is 1.55. The van der Waals surface area contributed by atoms with E-state index in [1.54, 1.807) is 6.07 Å². The van der Waals surface area contributed by atoms with Crippen molar-refractivity contribution in [3.05, 3.63) is 94.4 Å². The zero-order valence-corrected chi connectivity index (χ0v) is 23.6. The highest BCUT2D eigenvalue weighted by atomic mass is 19.3. The molecule has 4 heterocycles. The average molecular weight is 540 g/mol. The molecule has 1 N–H and O–H groups in total. The maximum atomic E-state index is 13.8. The summed E-state index contributed by atoms with van der Waals surface area (Å²) in [5, 5.41) is 6.46. The van der Waals surface area contributed by atoms with E-state index in [1.165, 1.54) is 40.0 Å². The highest BCUT2D eigenvalue weighted by Gasteiger charge is 2.30. The van der Waals surface area contributed by atoms with Gasteiger partial charge in [0, 0.05) is 66.4 Å². The van der Waals surface area contributed by atoms with E-state index in [0.29, 0.717) is 12.4 Å². The number of benzene rings is 2. The molecule has 0 radical (unpaired) electrons. The van der Waals surface area contributed by atoms with Gasteiger partial charge in [-0.25, -0.2) is 18.4 Å². The fourth-order valence-corrected chi connectivity index (χ4v) is 6.02. The third-order valence-electron chi connectivity index (χ3n) is 8.11. The van der Waals surface area contributed by atoms with Gasteiger partial charge in [-0.05, 0) is 54.7 Å². The number of aromatic amines is 1. The molecule has 0 saturated heterocycles. The molecule has 2 aromatic carbocycles. The SMILES string of the molecule is CCCc1cccc(CC)c1-n1nc2c(c1-c1ccc(C)c3[nH]ccc13)CN(c1ccc(C(C)(F)F)cn1)CC2. The number of hydrogen-bond acceptors (Lipinski definition) is 3. The lowest BCUT2D eigenvalue weighted by Gasteiger charge is -2.28. The third-order valence-corrected chi connectivity index (χ3v) is 8.11. The average Bonchev–Trinajstić information content (AvgIpc) is 3.59. The minimum absolute atomic E-state index is 0.0726. The summed E-state index contributed by atoms with van der Waals surface area (Å²) in [6, 6.07) is 16.3. The van der Waals surface area contributed by atoms with E-state index in [2.05, 4.69) is 76.7 Å². The van der Waals surface area contributed by atoms with Crippen LogP contribution in [-0.2, 0) is 31.7 Å². The predicted molar refractivity (Wildman–Crippen MR) is 158 cm³/mol. The first kappa shape index (κ1) is 26.2. The fraction of sp³-hybridized carbons (Fsp3) is 0.333. The Labute approximate surface area is 233 Å². The van der Waals surface area contributed by atoms with Gasteiger partial charge in [0.25, 0.3) is 5.92 Å². The Hall–Kier alpha value is -4.00. The van der Waals surface area contributed by atoms with Crippen LogP contribution < -0.4 is 4.90 Å². The minimum Gasteiger partial charge on any atom is -0.361 e. The smallest absolute Gasteiger partial charge is 0.272 e. The van der Waals surface area contributed by atoms with Gasteiger partial charge in [0.15, 0.2) is 0 Å². The van der Waals surface area contributed by atoms with Gasteiger partial charge in [0.1, 0.15) is 5.82 Å². The molecule has 0 atom stereocenters. The van der Waals surface area contributed by atoms with E-state index in [-0.39, 0.29) is 5.56 Å². The molecule has 7 heteroatoms. The maximum Gasteiger partial charge on any atom is 0.272 e. The first-order chi connectivity index (χ1) is 19.3. The lowest BCUT2D eigenvalue weighted by atomic mass is 9.96. The zero-order chi connectivity index (χ0) is 28.0. The predicted octanol–water partition coefficient (Wildman–Crippen LogP) is 7.91. The number of para-hydroxylation sites is 1. The topological polar surface area (TPSA) is 49.7 Å². The summed E-state index contributed by atoms with van der Waals surface area (Å²) in [4.78, 5) is 10.0. The van der Waals surface area contributed by atoms with Crippen LogP contribution in [0.2, 0.25) is 0 Å². The number of halogens is 2. The molecular weight excluding hydrogens is 504 g/mol. The van der Waals surface area contributed by atoms with Crippen LogP contribution in [0.1, 0.15) is 60.7 Å². The standard InChI is InChI=1S/C33H35F2N5/c1-5-8-23-10-7-9-22(6-2)31(23)40-32(26-13-11-21(3)30-25(26)15-17-36-30)27-20-39(18-16-28(27)38-40)29-14-12-24(19-37-29)33(4,34)35/h7,9-15,17,19,36H,5-6,8,16,18,20H2,1-4H3. The largest absolute Gasteiger partial charge is 0.361 e. The van der Waals surface area contributed by atoms with Crippen LogP contribution >= 0.6 is 0 Å². The van der Waals surface area contributed by atoms with Crippen molar-refractivity contribution in [2.45, 2.75) is 65.8 Å². The molecule has 3 aromatic heterocycles. The van der Waals surface area contributed by atoms with Gasteiger partial charge >= 0.3 is 0 Å². The van der Waals surface area contributed by atoms with Crippen LogP contribution in [0.4, 0.5) is 14.6 Å². The lowest BCUT2D eigenvalue weighted by molar-refractivity contribution is 0.0171. The summed E-state index contributed by atoms with van der Waals surface area (Å²) in [5.41, 5.74) is 10.5. The van der Waals surface area contributed by atoms with Gasteiger partial charge in [-0.2, -0.15) is 5.10 Å². The number of aryl methyl sites for hydroxylation is 3. The summed E-state index contributed by atoms with van der Waals surface area (Å²) in [5.74, 6) is -2.21. The number of nitrogens with zero attached hydrogens (tertiary/aromatic N) is 4. The Morgan fingerprint density at radius 3 is 2.58 bits per heavy atom. The first-order valence-electron chi connectivity index (χ1n) is 14.2. The number of pyridine rings is 1. The van der Waals surface area contributed by atoms with Gasteiger partial charge in [-0.15, -0.1) is 0 Å². The number of rotatable bonds is 7. The first-order valence-corrected chi connectivity index (χ1v) is 14.2. The van der Waals surface area contributed by atoms with Crippen LogP contribution in [0, 0.1) is 6.92 Å². The molecule has 0 bridgehead atoms. The highest BCUT2D eigenvalue weighted by molar-refractivity contribution is 5.97. The summed E-state index contributed by atoms with van der Waals surface area (Å²) in [6.45, 7) is 8.77. The Morgan fingerprint density at radius 1 is 1.02 bits per heavy atom. The fourth-order valence-electron chi connectivity index (χ4n) is 6.02. The Bertz CT molecular complexity index is 1670. The summed E-state index contributed by atoms with van der Waals surface area (Å²) in [7, 11) is 0. The van der Waals surface area contributed by atoms with Crippen LogP contribution in [0.3, 0.4) is 0 Å². The van der Waals surface area contributed by atoms with Crippen molar-refractivity contribution in [3.8, 4) is 16.9 Å². The van der Waals surface area contributed by atoms with Crippen molar-refractivity contribution in [1.82, 2.24) is 19.7 Å². The van der Waals surface area contributed by atoms with E-state index < -0.39 is 5.92 Å². The molecule has 0 saturated carbocycles. The molecule has 1 aliphatic heterocycles. The molecule has 0 amide bonds. The number of fused-ring (bicyclic) bond motifs is 2. The number of alkyl halides is 2. The van der Waals surface area contributed by atoms with Gasteiger partial charge in [0.05, 0.1) is 17.1 Å². The zero-order valence-electron chi connectivity index (χ0n) is 23.6. The van der Waals surface area contributed by atoms with Crippen molar-refractivity contribution in [2.24, 2.45) is 0 Å².